The molecule has 0 saturated heterocycles. The first-order valence-electron chi connectivity index (χ1n) is 2.93. The van der Waals surface area contributed by atoms with Crippen LogP contribution >= 0.6 is 15.9 Å². The van der Waals surface area contributed by atoms with Crippen molar-refractivity contribution in [1.82, 2.24) is 0 Å². The van der Waals surface area contributed by atoms with Gasteiger partial charge in [-0.3, -0.25) is 4.79 Å². The minimum Gasteiger partial charge on any atom is -0.462 e. The molecule has 0 aromatic carbocycles. The lowest BCUT2D eigenvalue weighted by molar-refractivity contribution is -0.145. The molecule has 0 amide bonds. The van der Waals surface area contributed by atoms with Crippen molar-refractivity contribution in [3.8, 4) is 0 Å². The Morgan fingerprint density at radius 1 is 1.78 bits per heavy atom. The van der Waals surface area contributed by atoms with E-state index in [-0.39, 0.29) is 12.1 Å². The summed E-state index contributed by atoms with van der Waals surface area (Å²) in [5.74, 6) is -0.207. The second kappa shape index (κ2) is 4.79. The molecule has 0 spiro atoms. The van der Waals surface area contributed by atoms with Gasteiger partial charge in [0.05, 0.1) is 0 Å². The molecule has 0 rings (SSSR count). The van der Waals surface area contributed by atoms with Crippen LogP contribution in [0.2, 0.25) is 0 Å². The Kier molecular flexibility index (Phi) is 4.77. The molecule has 0 aromatic rings. The molecule has 0 fully saturated rings. The average Bonchev–Trinajstić information content (AvgIpc) is 1.82. The summed E-state index contributed by atoms with van der Waals surface area (Å²) in [6.07, 6.45) is 0.910. The molecule has 0 aromatic heterocycles. The molecule has 3 heteroatoms. The Bertz CT molecular complexity index is 89.1. The van der Waals surface area contributed by atoms with E-state index in [1.54, 1.807) is 0 Å². The first kappa shape index (κ1) is 8.95. The van der Waals surface area contributed by atoms with Crippen LogP contribution in [0.3, 0.4) is 0 Å². The van der Waals surface area contributed by atoms with Gasteiger partial charge in [-0.1, -0.05) is 22.9 Å². The van der Waals surface area contributed by atoms with Gasteiger partial charge in [-0.15, -0.1) is 0 Å². The normalized spacial score (nSPS) is 12.8. The fraction of sp³-hybridized carbons (Fsp3) is 0.833. The van der Waals surface area contributed by atoms with E-state index in [0.29, 0.717) is 0 Å². The second-order valence-electron chi connectivity index (χ2n) is 1.79. The number of esters is 1. The van der Waals surface area contributed by atoms with Crippen LogP contribution in [0, 0.1) is 0 Å². The fourth-order valence-corrected chi connectivity index (χ4v) is 1.05. The van der Waals surface area contributed by atoms with E-state index in [2.05, 4.69) is 15.9 Å². The molecule has 0 bridgehead atoms. The van der Waals surface area contributed by atoms with Gasteiger partial charge in [0.25, 0.3) is 0 Å². The number of alkyl halides is 1. The zero-order chi connectivity index (χ0) is 7.28. The lowest BCUT2D eigenvalue weighted by atomic mass is 10.3. The Morgan fingerprint density at radius 2 is 2.33 bits per heavy atom. The van der Waals surface area contributed by atoms with Crippen LogP contribution in [0.25, 0.3) is 0 Å². The van der Waals surface area contributed by atoms with E-state index in [9.17, 15) is 4.79 Å². The van der Waals surface area contributed by atoms with Gasteiger partial charge in [0.15, 0.2) is 0 Å². The highest BCUT2D eigenvalue weighted by Gasteiger charge is 2.05. The number of carbonyl (C=O) groups is 1. The lowest BCUT2D eigenvalue weighted by Gasteiger charge is -2.10. The summed E-state index contributed by atoms with van der Waals surface area (Å²) >= 11 is 3.23. The highest BCUT2D eigenvalue weighted by atomic mass is 79.9. The molecule has 0 aliphatic carbocycles. The van der Waals surface area contributed by atoms with E-state index in [1.807, 2.05) is 6.92 Å². The van der Waals surface area contributed by atoms with E-state index in [4.69, 9.17) is 4.74 Å². The number of ether oxygens (including phenoxy) is 1. The zero-order valence-electron chi connectivity index (χ0n) is 5.69. The van der Waals surface area contributed by atoms with Crippen molar-refractivity contribution in [2.24, 2.45) is 0 Å². The Morgan fingerprint density at radius 3 is 2.44 bits per heavy atom. The summed E-state index contributed by atoms with van der Waals surface area (Å²) in [4.78, 5) is 10.3. The van der Waals surface area contributed by atoms with E-state index in [0.717, 1.165) is 11.8 Å². The molecule has 0 unspecified atom stereocenters. The summed E-state index contributed by atoms with van der Waals surface area (Å²) in [5.41, 5.74) is 0. The molecule has 0 aliphatic rings. The van der Waals surface area contributed by atoms with Crippen LogP contribution in [-0.4, -0.2) is 17.4 Å². The van der Waals surface area contributed by atoms with E-state index >= 15 is 0 Å². The first-order chi connectivity index (χ1) is 4.20. The fourth-order valence-electron chi connectivity index (χ4n) is 0.459. The van der Waals surface area contributed by atoms with Crippen LogP contribution in [0.5, 0.6) is 0 Å². The lowest BCUT2D eigenvalue weighted by Crippen LogP contribution is -2.16. The topological polar surface area (TPSA) is 26.3 Å². The molecular formula is C6H11BrO2. The monoisotopic (exact) mass is 194 g/mol. The van der Waals surface area contributed by atoms with Crippen molar-refractivity contribution in [1.29, 1.82) is 0 Å². The van der Waals surface area contributed by atoms with Crippen LogP contribution in [0.1, 0.15) is 20.3 Å². The molecule has 1 atom stereocenters. The SMILES string of the molecule is CC[C@@H](CBr)OC(C)=O. The molecule has 0 aliphatic heterocycles. The van der Waals surface area contributed by atoms with Crippen LogP contribution in [0.15, 0.2) is 0 Å². The summed E-state index contributed by atoms with van der Waals surface area (Å²) in [5, 5.41) is 0.725. The van der Waals surface area contributed by atoms with Crippen molar-refractivity contribution in [3.05, 3.63) is 0 Å². The molecular weight excluding hydrogens is 184 g/mol. The van der Waals surface area contributed by atoms with Crippen LogP contribution in [-0.2, 0) is 9.53 Å². The molecule has 54 valence electrons. The molecule has 0 heterocycles. The summed E-state index contributed by atoms with van der Waals surface area (Å²) in [7, 11) is 0. The maximum absolute atomic E-state index is 10.3. The summed E-state index contributed by atoms with van der Waals surface area (Å²) < 4.78 is 4.86. The molecule has 9 heavy (non-hydrogen) atoms. The quantitative estimate of drug-likeness (QED) is 0.506. The largest absolute Gasteiger partial charge is 0.462 e. The van der Waals surface area contributed by atoms with Crippen molar-refractivity contribution in [2.75, 3.05) is 5.33 Å². The molecule has 0 N–H and O–H groups in total. The number of hydrogen-bond acceptors (Lipinski definition) is 2. The maximum atomic E-state index is 10.3. The first-order valence-corrected chi connectivity index (χ1v) is 4.06. The van der Waals surface area contributed by atoms with Crippen molar-refractivity contribution < 1.29 is 9.53 Å². The van der Waals surface area contributed by atoms with Gasteiger partial charge in [-0.2, -0.15) is 0 Å². The average molecular weight is 195 g/mol. The van der Waals surface area contributed by atoms with Gasteiger partial charge in [0, 0.05) is 12.3 Å². The minimum absolute atomic E-state index is 0.0440. The standard InChI is InChI=1S/C6H11BrO2/c1-3-6(4-7)9-5(2)8/h6H,3-4H2,1-2H3/t6-/m0/s1. The molecule has 0 radical (unpaired) electrons. The van der Waals surface area contributed by atoms with Crippen LogP contribution in [0.4, 0.5) is 0 Å². The predicted octanol–water partition coefficient (Wildman–Crippen LogP) is 1.72. The maximum Gasteiger partial charge on any atom is 0.302 e. The third kappa shape index (κ3) is 4.45. The summed E-state index contributed by atoms with van der Waals surface area (Å²) in [6.45, 7) is 3.40. The number of halogens is 1. The van der Waals surface area contributed by atoms with Gasteiger partial charge >= 0.3 is 5.97 Å². The van der Waals surface area contributed by atoms with Crippen molar-refractivity contribution in [2.45, 2.75) is 26.4 Å². The number of rotatable bonds is 3. The zero-order valence-corrected chi connectivity index (χ0v) is 7.27. The van der Waals surface area contributed by atoms with E-state index < -0.39 is 0 Å². The smallest absolute Gasteiger partial charge is 0.302 e. The van der Waals surface area contributed by atoms with Gasteiger partial charge < -0.3 is 4.74 Å². The van der Waals surface area contributed by atoms with E-state index in [1.165, 1.54) is 6.92 Å². The third-order valence-corrected chi connectivity index (χ3v) is 1.68. The van der Waals surface area contributed by atoms with Gasteiger partial charge in [0.1, 0.15) is 6.10 Å². The van der Waals surface area contributed by atoms with Crippen molar-refractivity contribution >= 4 is 21.9 Å². The number of carbonyl (C=O) groups excluding carboxylic acids is 1. The Balaban J connectivity index is 3.43. The highest BCUT2D eigenvalue weighted by Crippen LogP contribution is 2.01. The molecule has 0 saturated carbocycles. The van der Waals surface area contributed by atoms with Gasteiger partial charge in [-0.05, 0) is 6.42 Å². The summed E-state index contributed by atoms with van der Waals surface area (Å²) in [6, 6.07) is 0. The minimum atomic E-state index is -0.207. The third-order valence-electron chi connectivity index (χ3n) is 0.960. The molecule has 2 nitrogen and oxygen atoms in total. The predicted molar refractivity (Wildman–Crippen MR) is 39.6 cm³/mol. The van der Waals surface area contributed by atoms with Crippen molar-refractivity contribution in [3.63, 3.8) is 0 Å². The second-order valence-corrected chi connectivity index (χ2v) is 2.44. The van der Waals surface area contributed by atoms with Gasteiger partial charge in [-0.25, -0.2) is 0 Å². The highest BCUT2D eigenvalue weighted by molar-refractivity contribution is 9.09. The Labute approximate surface area is 63.7 Å². The van der Waals surface area contributed by atoms with Crippen LogP contribution < -0.4 is 0 Å². The number of hydrogen-bond donors (Lipinski definition) is 0. The Hall–Kier alpha value is -0.0500. The van der Waals surface area contributed by atoms with Gasteiger partial charge in [0.2, 0.25) is 0 Å².